The third kappa shape index (κ3) is 3.35. The number of carbonyl (C=O) groups excluding carboxylic acids is 1. The average Bonchev–Trinajstić information content (AvgIpc) is 2.59. The summed E-state index contributed by atoms with van der Waals surface area (Å²) in [4.78, 5) is 18.8. The highest BCUT2D eigenvalue weighted by Gasteiger charge is 2.17. The molecule has 0 bridgehead atoms. The fourth-order valence-electron chi connectivity index (χ4n) is 3.61. The van der Waals surface area contributed by atoms with Crippen molar-refractivity contribution < 1.29 is 4.79 Å². The van der Waals surface area contributed by atoms with E-state index in [1.165, 1.54) is 36.8 Å². The summed E-state index contributed by atoms with van der Waals surface area (Å²) in [6.45, 7) is 6.57. The van der Waals surface area contributed by atoms with Crippen LogP contribution in [0.25, 0.3) is 10.9 Å². The number of allylic oxidation sites excluding steroid dienone is 1. The number of aryl methyl sites for hydroxylation is 2. The lowest BCUT2D eigenvalue weighted by atomic mass is 9.97. The number of fused-ring (bicyclic) bond motifs is 1. The molecule has 0 N–H and O–H groups in total. The summed E-state index contributed by atoms with van der Waals surface area (Å²) < 4.78 is 0. The van der Waals surface area contributed by atoms with E-state index in [2.05, 4.69) is 37.0 Å². The van der Waals surface area contributed by atoms with E-state index in [9.17, 15) is 4.79 Å². The van der Waals surface area contributed by atoms with Gasteiger partial charge in [-0.25, -0.2) is 0 Å². The summed E-state index contributed by atoms with van der Waals surface area (Å²) in [7, 11) is 0. The van der Waals surface area contributed by atoms with Crippen molar-refractivity contribution in [3.63, 3.8) is 0 Å². The first kappa shape index (κ1) is 16.7. The maximum absolute atomic E-state index is 12.3. The molecule has 0 spiro atoms. The number of carbonyl (C=O) groups is 1. The van der Waals surface area contributed by atoms with Crippen LogP contribution >= 0.6 is 0 Å². The number of anilines is 1. The number of amides is 1. The lowest BCUT2D eigenvalue weighted by Gasteiger charge is -2.25. The van der Waals surface area contributed by atoms with E-state index in [0.717, 1.165) is 35.1 Å². The zero-order valence-electron chi connectivity index (χ0n) is 14.9. The standard InChI is InChI=1S/C21H26N2O/c1-15-9-10-16(2)21-20(15)19(11-13-22-21)23(17(3)24)14-12-18-7-5-4-6-8-18/h7,9-11,13H,4-6,8,12,14H2,1-3H3. The molecule has 1 aliphatic rings. The third-order valence-electron chi connectivity index (χ3n) is 4.99. The zero-order valence-corrected chi connectivity index (χ0v) is 14.9. The summed E-state index contributed by atoms with van der Waals surface area (Å²) in [6, 6.07) is 6.19. The minimum atomic E-state index is 0.0971. The van der Waals surface area contributed by atoms with E-state index in [1.54, 1.807) is 6.92 Å². The molecular weight excluding hydrogens is 296 g/mol. The van der Waals surface area contributed by atoms with E-state index in [4.69, 9.17) is 0 Å². The van der Waals surface area contributed by atoms with E-state index in [0.29, 0.717) is 0 Å². The Kier molecular flexibility index (Phi) is 4.98. The molecule has 0 aliphatic heterocycles. The fourth-order valence-corrected chi connectivity index (χ4v) is 3.61. The van der Waals surface area contributed by atoms with Crippen molar-refractivity contribution in [2.75, 3.05) is 11.4 Å². The van der Waals surface area contributed by atoms with Crippen LogP contribution in [0.4, 0.5) is 5.69 Å². The van der Waals surface area contributed by atoms with Crippen molar-refractivity contribution in [1.29, 1.82) is 0 Å². The lowest BCUT2D eigenvalue weighted by molar-refractivity contribution is -0.116. The van der Waals surface area contributed by atoms with E-state index >= 15 is 0 Å². The van der Waals surface area contributed by atoms with E-state index in [-0.39, 0.29) is 5.91 Å². The molecule has 1 aromatic carbocycles. The van der Waals surface area contributed by atoms with Crippen molar-refractivity contribution in [2.24, 2.45) is 0 Å². The van der Waals surface area contributed by atoms with Crippen LogP contribution in [0, 0.1) is 13.8 Å². The number of benzene rings is 1. The molecule has 126 valence electrons. The normalized spacial score (nSPS) is 14.5. The largest absolute Gasteiger partial charge is 0.312 e. The van der Waals surface area contributed by atoms with Crippen molar-refractivity contribution in [1.82, 2.24) is 4.98 Å². The first-order valence-electron chi connectivity index (χ1n) is 8.89. The van der Waals surface area contributed by atoms with Gasteiger partial charge in [0.2, 0.25) is 5.91 Å². The van der Waals surface area contributed by atoms with E-state index < -0.39 is 0 Å². The number of nitrogens with zero attached hydrogens (tertiary/aromatic N) is 2. The number of aromatic nitrogens is 1. The topological polar surface area (TPSA) is 33.2 Å². The quantitative estimate of drug-likeness (QED) is 0.734. The molecule has 1 aromatic heterocycles. The van der Waals surface area contributed by atoms with Crippen LogP contribution in [0.3, 0.4) is 0 Å². The van der Waals surface area contributed by atoms with Crippen LogP contribution in [-0.2, 0) is 4.79 Å². The van der Waals surface area contributed by atoms with Crippen LogP contribution in [0.15, 0.2) is 36.0 Å². The molecule has 3 heteroatoms. The summed E-state index contributed by atoms with van der Waals surface area (Å²) in [5.41, 5.74) is 5.80. The number of hydrogen-bond acceptors (Lipinski definition) is 2. The van der Waals surface area contributed by atoms with E-state index in [1.807, 2.05) is 17.2 Å². The van der Waals surface area contributed by atoms with Crippen LogP contribution in [0.2, 0.25) is 0 Å². The Bertz CT molecular complexity index is 792. The second-order valence-electron chi connectivity index (χ2n) is 6.78. The molecule has 0 fully saturated rings. The zero-order chi connectivity index (χ0) is 17.1. The van der Waals surface area contributed by atoms with Gasteiger partial charge in [-0.05, 0) is 63.1 Å². The van der Waals surface area contributed by atoms with Crippen LogP contribution in [-0.4, -0.2) is 17.4 Å². The molecule has 24 heavy (non-hydrogen) atoms. The van der Waals surface area contributed by atoms with Gasteiger partial charge in [0.25, 0.3) is 0 Å². The van der Waals surface area contributed by atoms with Crippen molar-refractivity contribution in [3.05, 3.63) is 47.2 Å². The molecule has 0 atom stereocenters. The molecule has 1 aliphatic carbocycles. The fraction of sp³-hybridized carbons (Fsp3) is 0.429. The molecular formula is C21H26N2O. The summed E-state index contributed by atoms with van der Waals surface area (Å²) in [6.07, 6.45) is 10.1. The molecule has 1 heterocycles. The van der Waals surface area contributed by atoms with Gasteiger partial charge in [0, 0.05) is 25.1 Å². The highest BCUT2D eigenvalue weighted by Crippen LogP contribution is 2.31. The molecule has 0 saturated carbocycles. The SMILES string of the molecule is CC(=O)N(CCC1=CCCCC1)c1ccnc2c(C)ccc(C)c12. The highest BCUT2D eigenvalue weighted by atomic mass is 16.2. The second-order valence-corrected chi connectivity index (χ2v) is 6.78. The first-order chi connectivity index (χ1) is 11.6. The van der Waals surface area contributed by atoms with Crippen molar-refractivity contribution in [3.8, 4) is 0 Å². The molecule has 0 radical (unpaired) electrons. The van der Waals surface area contributed by atoms with Crippen molar-refractivity contribution in [2.45, 2.75) is 52.9 Å². The number of hydrogen-bond donors (Lipinski definition) is 0. The Labute approximate surface area is 144 Å². The van der Waals surface area contributed by atoms with Gasteiger partial charge < -0.3 is 4.90 Å². The molecule has 2 aromatic rings. The second kappa shape index (κ2) is 7.16. The molecule has 1 amide bonds. The van der Waals surface area contributed by atoms with Gasteiger partial charge in [-0.15, -0.1) is 0 Å². The lowest BCUT2D eigenvalue weighted by Crippen LogP contribution is -2.30. The van der Waals surface area contributed by atoms with Crippen LogP contribution in [0.1, 0.15) is 50.2 Å². The number of rotatable bonds is 4. The Morgan fingerprint density at radius 3 is 2.67 bits per heavy atom. The molecule has 0 saturated heterocycles. The van der Waals surface area contributed by atoms with Gasteiger partial charge in [-0.1, -0.05) is 23.8 Å². The number of pyridine rings is 1. The monoisotopic (exact) mass is 322 g/mol. The van der Waals surface area contributed by atoms with Gasteiger partial charge in [0.05, 0.1) is 11.2 Å². The van der Waals surface area contributed by atoms with Crippen LogP contribution in [0.5, 0.6) is 0 Å². The Morgan fingerprint density at radius 2 is 1.96 bits per heavy atom. The molecule has 3 nitrogen and oxygen atoms in total. The van der Waals surface area contributed by atoms with Gasteiger partial charge in [-0.3, -0.25) is 9.78 Å². The maximum atomic E-state index is 12.3. The molecule has 3 rings (SSSR count). The maximum Gasteiger partial charge on any atom is 0.223 e. The highest BCUT2D eigenvalue weighted by molar-refractivity contribution is 6.03. The summed E-state index contributed by atoms with van der Waals surface area (Å²) in [5.74, 6) is 0.0971. The Morgan fingerprint density at radius 1 is 1.17 bits per heavy atom. The Hall–Kier alpha value is -2.16. The van der Waals surface area contributed by atoms with Crippen LogP contribution < -0.4 is 4.90 Å². The Balaban J connectivity index is 1.97. The smallest absolute Gasteiger partial charge is 0.223 e. The van der Waals surface area contributed by atoms with Gasteiger partial charge in [0.1, 0.15) is 0 Å². The minimum Gasteiger partial charge on any atom is -0.312 e. The van der Waals surface area contributed by atoms with Gasteiger partial charge in [0.15, 0.2) is 0 Å². The average molecular weight is 322 g/mol. The van der Waals surface area contributed by atoms with Gasteiger partial charge in [-0.2, -0.15) is 0 Å². The summed E-state index contributed by atoms with van der Waals surface area (Å²) >= 11 is 0. The third-order valence-corrected chi connectivity index (χ3v) is 4.99. The van der Waals surface area contributed by atoms with Gasteiger partial charge >= 0.3 is 0 Å². The minimum absolute atomic E-state index is 0.0971. The molecule has 0 unspecified atom stereocenters. The predicted octanol–water partition coefficient (Wildman–Crippen LogP) is 5.10. The van der Waals surface area contributed by atoms with Crippen molar-refractivity contribution >= 4 is 22.5 Å². The first-order valence-corrected chi connectivity index (χ1v) is 8.89. The predicted molar refractivity (Wildman–Crippen MR) is 100 cm³/mol. The summed E-state index contributed by atoms with van der Waals surface area (Å²) in [5, 5.41) is 1.10.